The first-order valence-electron chi connectivity index (χ1n) is 4.28. The normalized spacial score (nSPS) is 9.76. The van der Waals surface area contributed by atoms with E-state index in [1.165, 1.54) is 0 Å². The highest BCUT2D eigenvalue weighted by Crippen LogP contribution is 2.28. The molecular weight excluding hydrogens is 329 g/mol. The number of aromatic nitrogens is 3. The lowest BCUT2D eigenvalue weighted by Gasteiger charge is -2.04. The molecule has 1 heterocycles. The molecule has 1 aromatic carbocycles. The highest BCUT2D eigenvalue weighted by molar-refractivity contribution is 8.93. The third-order valence-electron chi connectivity index (χ3n) is 1.84. The Morgan fingerprint density at radius 1 is 0.941 bits per heavy atom. The molecule has 0 amide bonds. The van der Waals surface area contributed by atoms with E-state index in [-0.39, 0.29) is 28.9 Å². The van der Waals surface area contributed by atoms with E-state index in [2.05, 4.69) is 15.0 Å². The van der Waals surface area contributed by atoms with E-state index in [0.717, 1.165) is 0 Å². The van der Waals surface area contributed by atoms with Crippen LogP contribution >= 0.6 is 40.2 Å². The van der Waals surface area contributed by atoms with E-state index in [4.69, 9.17) is 34.7 Å². The van der Waals surface area contributed by atoms with Crippen LogP contribution in [-0.4, -0.2) is 15.0 Å². The van der Waals surface area contributed by atoms with E-state index in [0.29, 0.717) is 21.4 Å². The van der Waals surface area contributed by atoms with Crippen molar-refractivity contribution in [2.24, 2.45) is 0 Å². The molecule has 8 heteroatoms. The van der Waals surface area contributed by atoms with Crippen molar-refractivity contribution in [1.29, 1.82) is 0 Å². The van der Waals surface area contributed by atoms with Gasteiger partial charge in [0.05, 0.1) is 5.02 Å². The number of benzene rings is 1. The summed E-state index contributed by atoms with van der Waals surface area (Å²) in [7, 11) is 0. The van der Waals surface area contributed by atoms with Gasteiger partial charge in [-0.2, -0.15) is 15.0 Å². The van der Waals surface area contributed by atoms with Gasteiger partial charge in [-0.3, -0.25) is 0 Å². The lowest BCUT2D eigenvalue weighted by atomic mass is 10.2. The molecule has 0 unspecified atom stereocenters. The fourth-order valence-corrected chi connectivity index (χ4v) is 1.57. The van der Waals surface area contributed by atoms with E-state index in [9.17, 15) is 0 Å². The first-order valence-corrected chi connectivity index (χ1v) is 5.04. The molecule has 0 aliphatic rings. The van der Waals surface area contributed by atoms with Crippen LogP contribution in [0.5, 0.6) is 0 Å². The van der Waals surface area contributed by atoms with Gasteiger partial charge in [-0.1, -0.05) is 23.2 Å². The quantitative estimate of drug-likeness (QED) is 0.835. The molecule has 0 aliphatic carbocycles. The fourth-order valence-electron chi connectivity index (χ4n) is 1.20. The second-order valence-electron chi connectivity index (χ2n) is 3.00. The van der Waals surface area contributed by atoms with Crippen LogP contribution in [0.1, 0.15) is 0 Å². The van der Waals surface area contributed by atoms with E-state index < -0.39 is 0 Å². The minimum absolute atomic E-state index is 0. The standard InChI is InChI=1S/C9H7Cl2N5.BrH/c10-4-1-2-6(11)5(3-4)7-14-8(12)16-9(13)15-7;/h1-3H,(H4,12,13,14,15,16);1H. The Balaban J connectivity index is 0.00000144. The molecule has 2 rings (SSSR count). The van der Waals surface area contributed by atoms with Gasteiger partial charge in [-0.15, -0.1) is 17.0 Å². The maximum absolute atomic E-state index is 5.99. The molecule has 0 radical (unpaired) electrons. The summed E-state index contributed by atoms with van der Waals surface area (Å²) in [5.41, 5.74) is 11.5. The maximum Gasteiger partial charge on any atom is 0.225 e. The molecule has 0 spiro atoms. The fraction of sp³-hybridized carbons (Fsp3) is 0. The Morgan fingerprint density at radius 3 is 2.12 bits per heavy atom. The predicted molar refractivity (Wildman–Crippen MR) is 74.4 cm³/mol. The first-order chi connectivity index (χ1) is 7.56. The van der Waals surface area contributed by atoms with Gasteiger partial charge in [-0.25, -0.2) is 0 Å². The third kappa shape index (κ3) is 3.18. The first kappa shape index (κ1) is 14.0. The van der Waals surface area contributed by atoms with Crippen molar-refractivity contribution < 1.29 is 0 Å². The van der Waals surface area contributed by atoms with E-state index in [1.807, 2.05) is 0 Å². The Morgan fingerprint density at radius 2 is 1.53 bits per heavy atom. The van der Waals surface area contributed by atoms with Crippen LogP contribution in [0.4, 0.5) is 11.9 Å². The molecule has 0 bridgehead atoms. The minimum Gasteiger partial charge on any atom is -0.368 e. The van der Waals surface area contributed by atoms with E-state index in [1.54, 1.807) is 18.2 Å². The lowest BCUT2D eigenvalue weighted by Crippen LogP contribution is -2.04. The molecule has 4 N–H and O–H groups in total. The number of anilines is 2. The van der Waals surface area contributed by atoms with Crippen molar-refractivity contribution in [3.05, 3.63) is 28.2 Å². The zero-order valence-corrected chi connectivity index (χ0v) is 11.6. The number of nitrogens with two attached hydrogens (primary N) is 2. The van der Waals surface area contributed by atoms with Crippen molar-refractivity contribution in [3.8, 4) is 11.4 Å². The maximum atomic E-state index is 5.99. The summed E-state index contributed by atoms with van der Waals surface area (Å²) < 4.78 is 0. The second kappa shape index (κ2) is 5.48. The van der Waals surface area contributed by atoms with Crippen molar-refractivity contribution in [2.45, 2.75) is 0 Å². The zero-order chi connectivity index (χ0) is 11.7. The van der Waals surface area contributed by atoms with Gasteiger partial charge in [0.2, 0.25) is 11.9 Å². The van der Waals surface area contributed by atoms with Crippen LogP contribution in [0.15, 0.2) is 18.2 Å². The summed E-state index contributed by atoms with van der Waals surface area (Å²) in [5.74, 6) is 0.384. The number of hydrogen-bond donors (Lipinski definition) is 2. The van der Waals surface area contributed by atoms with Gasteiger partial charge in [0, 0.05) is 10.6 Å². The average Bonchev–Trinajstić information content (AvgIpc) is 2.20. The Labute approximate surface area is 118 Å². The summed E-state index contributed by atoms with van der Waals surface area (Å²) in [6.45, 7) is 0. The second-order valence-corrected chi connectivity index (χ2v) is 3.84. The average molecular weight is 337 g/mol. The molecule has 1 aromatic heterocycles. The Kier molecular flexibility index (Phi) is 4.50. The van der Waals surface area contributed by atoms with Gasteiger partial charge >= 0.3 is 0 Å². The summed E-state index contributed by atoms with van der Waals surface area (Å²) in [4.78, 5) is 11.5. The van der Waals surface area contributed by atoms with Crippen molar-refractivity contribution in [2.75, 3.05) is 11.5 Å². The van der Waals surface area contributed by atoms with Crippen LogP contribution < -0.4 is 11.5 Å². The number of halogens is 3. The molecule has 2 aromatic rings. The molecule has 0 saturated carbocycles. The molecule has 90 valence electrons. The molecule has 0 atom stereocenters. The van der Waals surface area contributed by atoms with Crippen molar-refractivity contribution in [3.63, 3.8) is 0 Å². The Hall–Kier alpha value is -1.11. The van der Waals surface area contributed by atoms with Crippen molar-refractivity contribution >= 4 is 52.1 Å². The summed E-state index contributed by atoms with van der Waals surface area (Å²) in [6, 6.07) is 4.95. The number of rotatable bonds is 1. The SMILES string of the molecule is Br.Nc1nc(N)nc(-c2cc(Cl)ccc2Cl)n1. The van der Waals surface area contributed by atoms with Gasteiger partial charge in [0.15, 0.2) is 5.82 Å². The van der Waals surface area contributed by atoms with Gasteiger partial charge in [0.25, 0.3) is 0 Å². The largest absolute Gasteiger partial charge is 0.368 e. The number of hydrogen-bond acceptors (Lipinski definition) is 5. The smallest absolute Gasteiger partial charge is 0.225 e. The van der Waals surface area contributed by atoms with Crippen LogP contribution in [-0.2, 0) is 0 Å². The van der Waals surface area contributed by atoms with Crippen LogP contribution in [0.3, 0.4) is 0 Å². The molecule has 0 saturated heterocycles. The molecular formula is C9H8BrCl2N5. The number of nitrogens with zero attached hydrogens (tertiary/aromatic N) is 3. The monoisotopic (exact) mass is 335 g/mol. The number of nitrogen functional groups attached to an aromatic ring is 2. The van der Waals surface area contributed by atoms with Crippen LogP contribution in [0, 0.1) is 0 Å². The Bertz CT molecular complexity index is 529. The summed E-state index contributed by atoms with van der Waals surface area (Å²) >= 11 is 11.8. The van der Waals surface area contributed by atoms with Crippen molar-refractivity contribution in [1.82, 2.24) is 15.0 Å². The summed E-state index contributed by atoms with van der Waals surface area (Å²) in [5, 5.41) is 0.992. The van der Waals surface area contributed by atoms with Crippen LogP contribution in [0.2, 0.25) is 10.0 Å². The zero-order valence-electron chi connectivity index (χ0n) is 8.39. The molecule has 0 fully saturated rings. The molecule has 17 heavy (non-hydrogen) atoms. The lowest BCUT2D eigenvalue weighted by molar-refractivity contribution is 1.09. The molecule has 0 aliphatic heterocycles. The molecule has 5 nitrogen and oxygen atoms in total. The van der Waals surface area contributed by atoms with Gasteiger partial charge < -0.3 is 11.5 Å². The predicted octanol–water partition coefficient (Wildman–Crippen LogP) is 2.59. The van der Waals surface area contributed by atoms with Gasteiger partial charge in [-0.05, 0) is 18.2 Å². The topological polar surface area (TPSA) is 90.7 Å². The van der Waals surface area contributed by atoms with Gasteiger partial charge in [0.1, 0.15) is 0 Å². The van der Waals surface area contributed by atoms with E-state index >= 15 is 0 Å². The minimum atomic E-state index is 0. The highest BCUT2D eigenvalue weighted by atomic mass is 79.9. The third-order valence-corrected chi connectivity index (χ3v) is 2.40. The van der Waals surface area contributed by atoms with Crippen LogP contribution in [0.25, 0.3) is 11.4 Å². The highest BCUT2D eigenvalue weighted by Gasteiger charge is 2.09. The summed E-state index contributed by atoms with van der Waals surface area (Å²) in [6.07, 6.45) is 0.